The van der Waals surface area contributed by atoms with Crippen LogP contribution >= 0.6 is 0 Å². The van der Waals surface area contributed by atoms with Gasteiger partial charge in [0.2, 0.25) is 0 Å². The minimum absolute atomic E-state index is 0.293. The first-order valence-corrected chi connectivity index (χ1v) is 4.51. The van der Waals surface area contributed by atoms with Gasteiger partial charge in [0, 0.05) is 11.6 Å². The lowest BCUT2D eigenvalue weighted by molar-refractivity contribution is 0.102. The molecule has 0 atom stereocenters. The molecule has 78 valence electrons. The zero-order valence-corrected chi connectivity index (χ0v) is 8.18. The lowest BCUT2D eigenvalue weighted by Crippen LogP contribution is -2.11. The number of benzene rings is 1. The molecule has 0 radical (unpaired) electrons. The number of hydrogen-bond acceptors (Lipinski definition) is 4. The van der Waals surface area contributed by atoms with Crippen LogP contribution < -0.4 is 5.32 Å². The number of nitriles is 1. The highest BCUT2D eigenvalue weighted by atomic mass is 16.5. The lowest BCUT2D eigenvalue weighted by Gasteiger charge is -2.00. The number of rotatable bonds is 2. The highest BCUT2D eigenvalue weighted by Crippen LogP contribution is 2.07. The Hall–Kier alpha value is -2.61. The summed E-state index contributed by atoms with van der Waals surface area (Å²) in [7, 11) is 0. The Morgan fingerprint density at radius 1 is 1.31 bits per heavy atom. The summed E-state index contributed by atoms with van der Waals surface area (Å²) < 4.78 is 4.58. The van der Waals surface area contributed by atoms with Crippen molar-refractivity contribution < 1.29 is 9.32 Å². The van der Waals surface area contributed by atoms with E-state index >= 15 is 0 Å². The van der Waals surface area contributed by atoms with Crippen molar-refractivity contribution in [1.82, 2.24) is 5.16 Å². The summed E-state index contributed by atoms with van der Waals surface area (Å²) in [5, 5.41) is 14.7. The van der Waals surface area contributed by atoms with Gasteiger partial charge in [-0.3, -0.25) is 4.79 Å². The van der Waals surface area contributed by atoms with Crippen molar-refractivity contribution in [3.05, 3.63) is 47.7 Å². The fourth-order valence-electron chi connectivity index (χ4n) is 1.16. The molecule has 0 fully saturated rings. The molecule has 1 aromatic carbocycles. The molecule has 1 N–H and O–H groups in total. The van der Waals surface area contributed by atoms with E-state index in [0.29, 0.717) is 16.9 Å². The van der Waals surface area contributed by atoms with E-state index in [1.165, 1.54) is 6.26 Å². The van der Waals surface area contributed by atoms with E-state index in [1.54, 1.807) is 30.3 Å². The molecule has 0 spiro atoms. The smallest absolute Gasteiger partial charge is 0.256 e. The standard InChI is InChI=1S/C11H7N3O2/c12-7-8-1-3-9(4-2-8)11(15)13-10-5-6-16-14-10/h1-6H,(H,13,14,15). The van der Waals surface area contributed by atoms with Crippen LogP contribution in [0.15, 0.2) is 41.1 Å². The molecule has 1 amide bonds. The van der Waals surface area contributed by atoms with E-state index in [2.05, 4.69) is 15.0 Å². The molecule has 0 bridgehead atoms. The summed E-state index contributed by atoms with van der Waals surface area (Å²) >= 11 is 0. The third kappa shape index (κ3) is 2.07. The fraction of sp³-hybridized carbons (Fsp3) is 0. The minimum atomic E-state index is -0.293. The van der Waals surface area contributed by atoms with Crippen molar-refractivity contribution in [2.24, 2.45) is 0 Å². The zero-order chi connectivity index (χ0) is 11.4. The second kappa shape index (κ2) is 4.28. The van der Waals surface area contributed by atoms with Crippen LogP contribution in [-0.2, 0) is 0 Å². The van der Waals surface area contributed by atoms with Crippen molar-refractivity contribution in [3.8, 4) is 6.07 Å². The van der Waals surface area contributed by atoms with Gasteiger partial charge in [0.15, 0.2) is 5.82 Å². The van der Waals surface area contributed by atoms with Gasteiger partial charge < -0.3 is 9.84 Å². The SMILES string of the molecule is N#Cc1ccc(C(=O)Nc2ccon2)cc1. The molecule has 0 aliphatic heterocycles. The largest absolute Gasteiger partial charge is 0.363 e. The highest BCUT2D eigenvalue weighted by Gasteiger charge is 2.07. The fourth-order valence-corrected chi connectivity index (χ4v) is 1.16. The number of nitrogens with one attached hydrogen (secondary N) is 1. The molecule has 0 saturated carbocycles. The van der Waals surface area contributed by atoms with Crippen LogP contribution in [0, 0.1) is 11.3 Å². The van der Waals surface area contributed by atoms with Crippen molar-refractivity contribution >= 4 is 11.7 Å². The number of anilines is 1. The maximum absolute atomic E-state index is 11.6. The van der Waals surface area contributed by atoms with Crippen LogP contribution in [0.3, 0.4) is 0 Å². The van der Waals surface area contributed by atoms with Gasteiger partial charge in [-0.2, -0.15) is 5.26 Å². The molecule has 5 nitrogen and oxygen atoms in total. The quantitative estimate of drug-likeness (QED) is 0.824. The van der Waals surface area contributed by atoms with E-state index < -0.39 is 0 Å². The molecular formula is C11H7N3O2. The van der Waals surface area contributed by atoms with Gasteiger partial charge in [-0.25, -0.2) is 0 Å². The van der Waals surface area contributed by atoms with Gasteiger partial charge in [-0.1, -0.05) is 5.16 Å². The maximum atomic E-state index is 11.6. The molecule has 0 unspecified atom stereocenters. The Balaban J connectivity index is 2.12. The first-order valence-electron chi connectivity index (χ1n) is 4.51. The Bertz CT molecular complexity index is 523. The number of carbonyl (C=O) groups is 1. The lowest BCUT2D eigenvalue weighted by atomic mass is 10.1. The van der Waals surface area contributed by atoms with E-state index in [1.807, 2.05) is 6.07 Å². The summed E-state index contributed by atoms with van der Waals surface area (Å²) in [5.74, 6) is 0.0627. The Labute approximate surface area is 91.3 Å². The number of aromatic nitrogens is 1. The first kappa shape index (κ1) is 9.93. The molecule has 0 saturated heterocycles. The molecule has 1 heterocycles. The molecular weight excluding hydrogens is 206 g/mol. The molecule has 5 heteroatoms. The van der Waals surface area contributed by atoms with Crippen molar-refractivity contribution in [1.29, 1.82) is 5.26 Å². The predicted octanol–water partition coefficient (Wildman–Crippen LogP) is 1.80. The van der Waals surface area contributed by atoms with Gasteiger partial charge in [-0.05, 0) is 24.3 Å². The van der Waals surface area contributed by atoms with Crippen LogP contribution in [0.1, 0.15) is 15.9 Å². The highest BCUT2D eigenvalue weighted by molar-refractivity contribution is 6.03. The van der Waals surface area contributed by atoms with Gasteiger partial charge in [0.1, 0.15) is 6.26 Å². The summed E-state index contributed by atoms with van der Waals surface area (Å²) in [5.41, 5.74) is 0.972. The first-order chi connectivity index (χ1) is 7.79. The average molecular weight is 213 g/mol. The van der Waals surface area contributed by atoms with E-state index in [9.17, 15) is 4.79 Å². The Kier molecular flexibility index (Phi) is 2.65. The predicted molar refractivity (Wildman–Crippen MR) is 55.6 cm³/mol. The maximum Gasteiger partial charge on any atom is 0.256 e. The van der Waals surface area contributed by atoms with Crippen LogP contribution in [0.4, 0.5) is 5.82 Å². The van der Waals surface area contributed by atoms with Gasteiger partial charge in [0.25, 0.3) is 5.91 Å². The van der Waals surface area contributed by atoms with Gasteiger partial charge in [0.05, 0.1) is 11.6 Å². The second-order valence-electron chi connectivity index (χ2n) is 3.03. The van der Waals surface area contributed by atoms with Crippen LogP contribution in [-0.4, -0.2) is 11.1 Å². The van der Waals surface area contributed by atoms with Crippen molar-refractivity contribution in [2.75, 3.05) is 5.32 Å². The monoisotopic (exact) mass is 213 g/mol. The molecule has 1 aromatic heterocycles. The average Bonchev–Trinajstić information content (AvgIpc) is 2.82. The van der Waals surface area contributed by atoms with Gasteiger partial charge >= 0.3 is 0 Å². The number of amides is 1. The normalized spacial score (nSPS) is 9.44. The summed E-state index contributed by atoms with van der Waals surface area (Å²) in [4.78, 5) is 11.6. The molecule has 0 aliphatic rings. The van der Waals surface area contributed by atoms with Crippen LogP contribution in [0.5, 0.6) is 0 Å². The summed E-state index contributed by atoms with van der Waals surface area (Å²) in [6, 6.07) is 9.84. The molecule has 16 heavy (non-hydrogen) atoms. The topological polar surface area (TPSA) is 78.9 Å². The van der Waals surface area contributed by atoms with Gasteiger partial charge in [-0.15, -0.1) is 0 Å². The Morgan fingerprint density at radius 2 is 2.06 bits per heavy atom. The number of carbonyl (C=O) groups excluding carboxylic acids is 1. The second-order valence-corrected chi connectivity index (χ2v) is 3.03. The summed E-state index contributed by atoms with van der Waals surface area (Å²) in [6.07, 6.45) is 1.37. The molecule has 0 aliphatic carbocycles. The van der Waals surface area contributed by atoms with E-state index in [-0.39, 0.29) is 5.91 Å². The van der Waals surface area contributed by atoms with E-state index in [0.717, 1.165) is 0 Å². The van der Waals surface area contributed by atoms with E-state index in [4.69, 9.17) is 5.26 Å². The van der Waals surface area contributed by atoms with Crippen molar-refractivity contribution in [3.63, 3.8) is 0 Å². The molecule has 2 rings (SSSR count). The number of hydrogen-bond donors (Lipinski definition) is 1. The Morgan fingerprint density at radius 3 is 2.62 bits per heavy atom. The van der Waals surface area contributed by atoms with Crippen LogP contribution in [0.25, 0.3) is 0 Å². The zero-order valence-electron chi connectivity index (χ0n) is 8.18. The molecule has 2 aromatic rings. The summed E-state index contributed by atoms with van der Waals surface area (Å²) in [6.45, 7) is 0. The third-order valence-electron chi connectivity index (χ3n) is 1.96. The van der Waals surface area contributed by atoms with Crippen LogP contribution in [0.2, 0.25) is 0 Å². The number of nitrogens with zero attached hydrogens (tertiary/aromatic N) is 2. The minimum Gasteiger partial charge on any atom is -0.363 e. The third-order valence-corrected chi connectivity index (χ3v) is 1.96. The van der Waals surface area contributed by atoms with Crippen molar-refractivity contribution in [2.45, 2.75) is 0 Å².